The Kier molecular flexibility index (Phi) is 6.90. The van der Waals surface area contributed by atoms with E-state index in [0.717, 1.165) is 29.5 Å². The molecule has 0 aliphatic carbocycles. The Morgan fingerprint density at radius 3 is 2.17 bits per heavy atom. The second-order valence-electron chi connectivity index (χ2n) is 7.06. The minimum absolute atomic E-state index is 0.0257. The molecule has 4 aromatic rings. The van der Waals surface area contributed by atoms with Crippen molar-refractivity contribution < 1.29 is 30.0 Å². The van der Waals surface area contributed by atoms with Gasteiger partial charge in [-0.3, -0.25) is 9.44 Å². The van der Waals surface area contributed by atoms with E-state index in [1.807, 2.05) is 0 Å². The summed E-state index contributed by atoms with van der Waals surface area (Å²) >= 11 is 8.68. The molecule has 0 aliphatic heterocycles. The van der Waals surface area contributed by atoms with Crippen molar-refractivity contribution in [1.29, 1.82) is 0 Å². The van der Waals surface area contributed by atoms with E-state index < -0.39 is 36.7 Å². The van der Waals surface area contributed by atoms with Gasteiger partial charge in [0.05, 0.1) is 26.9 Å². The van der Waals surface area contributed by atoms with Crippen molar-refractivity contribution in [3.63, 3.8) is 0 Å². The molecule has 2 aromatic carbocycles. The fourth-order valence-electron chi connectivity index (χ4n) is 3.04. The molecule has 0 radical (unpaired) electrons. The van der Waals surface area contributed by atoms with E-state index in [1.165, 1.54) is 35.6 Å². The van der Waals surface area contributed by atoms with Gasteiger partial charge < -0.3 is 0 Å². The molecule has 4 rings (SSSR count). The molecule has 0 saturated carbocycles. The molecule has 0 bridgehead atoms. The fourth-order valence-corrected chi connectivity index (χ4v) is 7.14. The maximum absolute atomic E-state index is 13.1. The summed E-state index contributed by atoms with van der Waals surface area (Å²) in [4.78, 5) is -0.647. The minimum atomic E-state index is -4.75. The molecule has 35 heavy (non-hydrogen) atoms. The lowest BCUT2D eigenvalue weighted by molar-refractivity contribution is -0.137. The van der Waals surface area contributed by atoms with Crippen LogP contribution in [0.5, 0.6) is 0 Å². The number of nitrogens with one attached hydrogen (secondary N) is 2. The van der Waals surface area contributed by atoms with Crippen molar-refractivity contribution in [2.75, 3.05) is 9.44 Å². The van der Waals surface area contributed by atoms with Crippen LogP contribution in [-0.4, -0.2) is 16.8 Å². The molecule has 0 saturated heterocycles. The van der Waals surface area contributed by atoms with Crippen LogP contribution in [0, 0.1) is 0 Å². The van der Waals surface area contributed by atoms with E-state index >= 15 is 0 Å². The van der Waals surface area contributed by atoms with Crippen molar-refractivity contribution in [3.05, 3.63) is 81.3 Å². The predicted octanol–water partition coefficient (Wildman–Crippen LogP) is 6.75. The lowest BCUT2D eigenvalue weighted by Gasteiger charge is -2.17. The summed E-state index contributed by atoms with van der Waals surface area (Å²) in [5, 5.41) is 5.21. The third-order valence-electron chi connectivity index (χ3n) is 4.66. The highest BCUT2D eigenvalue weighted by atomic mass is 35.5. The van der Waals surface area contributed by atoms with E-state index in [4.69, 9.17) is 11.6 Å². The Labute approximate surface area is 212 Å². The van der Waals surface area contributed by atoms with Gasteiger partial charge in [0, 0.05) is 5.56 Å². The number of hydrogen-bond donors (Lipinski definition) is 2. The maximum Gasteiger partial charge on any atom is 0.416 e. The van der Waals surface area contributed by atoms with E-state index in [1.54, 1.807) is 22.2 Å². The molecule has 2 N–H and O–H groups in total. The van der Waals surface area contributed by atoms with Gasteiger partial charge in [0.25, 0.3) is 20.0 Å². The first-order chi connectivity index (χ1) is 16.4. The molecular formula is C21H14ClF3N2O4S4. The molecule has 2 aromatic heterocycles. The first kappa shape index (κ1) is 25.5. The summed E-state index contributed by atoms with van der Waals surface area (Å²) in [5.41, 5.74) is -0.513. The third kappa shape index (κ3) is 5.64. The summed E-state index contributed by atoms with van der Waals surface area (Å²) in [7, 11) is -8.64. The molecule has 2 heterocycles. The second-order valence-corrected chi connectivity index (χ2v) is 12.8. The van der Waals surface area contributed by atoms with E-state index in [9.17, 15) is 30.0 Å². The molecule has 14 heteroatoms. The standard InChI is InChI=1S/C21H14ClF3N2O4S4/c22-17-11-19(27-35(30,31)20-5-2-7-33-20)18(10-16(17)13-6-8-32-12-13)26-34(28,29)15-4-1-3-14(9-15)21(23,24)25/h1-12,26-27H. The molecule has 0 aliphatic rings. The zero-order chi connectivity index (χ0) is 25.4. The van der Waals surface area contributed by atoms with Crippen LogP contribution in [0.4, 0.5) is 24.5 Å². The van der Waals surface area contributed by atoms with Gasteiger partial charge in [-0.05, 0) is 64.2 Å². The first-order valence-electron chi connectivity index (χ1n) is 9.49. The molecule has 0 fully saturated rings. The Balaban J connectivity index is 1.81. The van der Waals surface area contributed by atoms with Gasteiger partial charge in [-0.25, -0.2) is 16.8 Å². The van der Waals surface area contributed by atoms with Gasteiger partial charge in [-0.15, -0.1) is 11.3 Å². The van der Waals surface area contributed by atoms with Gasteiger partial charge in [-0.2, -0.15) is 24.5 Å². The number of benzene rings is 2. The van der Waals surface area contributed by atoms with Crippen molar-refractivity contribution in [3.8, 4) is 11.1 Å². The number of alkyl halides is 3. The Morgan fingerprint density at radius 1 is 0.829 bits per heavy atom. The van der Waals surface area contributed by atoms with Crippen molar-refractivity contribution in [1.82, 2.24) is 0 Å². The average molecular weight is 579 g/mol. The topological polar surface area (TPSA) is 92.3 Å². The van der Waals surface area contributed by atoms with Crippen LogP contribution in [-0.2, 0) is 26.2 Å². The zero-order valence-corrected chi connectivity index (χ0v) is 21.2. The van der Waals surface area contributed by atoms with Crippen LogP contribution in [0.15, 0.2) is 79.8 Å². The third-order valence-corrected chi connectivity index (χ3v) is 9.78. The van der Waals surface area contributed by atoms with Crippen LogP contribution in [0.3, 0.4) is 0 Å². The molecular weight excluding hydrogens is 565 g/mol. The van der Waals surface area contributed by atoms with Crippen LogP contribution in [0.25, 0.3) is 11.1 Å². The maximum atomic E-state index is 13.1. The van der Waals surface area contributed by atoms with Gasteiger partial charge in [-0.1, -0.05) is 23.7 Å². The number of sulfonamides is 2. The molecule has 6 nitrogen and oxygen atoms in total. The summed E-state index contributed by atoms with van der Waals surface area (Å²) in [6.07, 6.45) is -4.75. The smallest absolute Gasteiger partial charge is 0.277 e. The van der Waals surface area contributed by atoms with Crippen LogP contribution < -0.4 is 9.44 Å². The van der Waals surface area contributed by atoms with E-state index in [0.29, 0.717) is 17.2 Å². The molecule has 0 atom stereocenters. The average Bonchev–Trinajstić information content (AvgIpc) is 3.49. The highest BCUT2D eigenvalue weighted by Crippen LogP contribution is 2.39. The zero-order valence-electron chi connectivity index (χ0n) is 17.2. The van der Waals surface area contributed by atoms with Crippen LogP contribution in [0.1, 0.15) is 5.56 Å². The Hall–Kier alpha value is -2.58. The summed E-state index contributed by atoms with van der Waals surface area (Å²) in [6, 6.07) is 10.4. The van der Waals surface area contributed by atoms with Crippen molar-refractivity contribution >= 4 is 65.7 Å². The quantitative estimate of drug-likeness (QED) is 0.254. The van der Waals surface area contributed by atoms with E-state index in [-0.39, 0.29) is 20.6 Å². The summed E-state index contributed by atoms with van der Waals surface area (Å²) in [5.74, 6) is 0. The Morgan fingerprint density at radius 2 is 1.54 bits per heavy atom. The lowest BCUT2D eigenvalue weighted by Crippen LogP contribution is -2.18. The molecule has 0 unspecified atom stereocenters. The predicted molar refractivity (Wildman–Crippen MR) is 132 cm³/mol. The highest BCUT2D eigenvalue weighted by Gasteiger charge is 2.32. The van der Waals surface area contributed by atoms with Crippen molar-refractivity contribution in [2.45, 2.75) is 15.3 Å². The lowest BCUT2D eigenvalue weighted by atomic mass is 10.1. The monoisotopic (exact) mass is 578 g/mol. The number of hydrogen-bond acceptors (Lipinski definition) is 6. The van der Waals surface area contributed by atoms with Crippen LogP contribution >= 0.6 is 34.3 Å². The highest BCUT2D eigenvalue weighted by molar-refractivity contribution is 7.94. The summed E-state index contributed by atoms with van der Waals surface area (Å²) < 4.78 is 95.5. The first-order valence-corrected chi connectivity index (χ1v) is 14.7. The second kappa shape index (κ2) is 9.47. The Bertz CT molecular complexity index is 1570. The minimum Gasteiger partial charge on any atom is -0.277 e. The molecule has 0 amide bonds. The fraction of sp³-hybridized carbons (Fsp3) is 0.0476. The van der Waals surface area contributed by atoms with Gasteiger partial charge >= 0.3 is 6.18 Å². The molecule has 184 valence electrons. The normalized spacial score (nSPS) is 12.5. The summed E-state index contributed by atoms with van der Waals surface area (Å²) in [6.45, 7) is 0. The number of anilines is 2. The van der Waals surface area contributed by atoms with E-state index in [2.05, 4.69) is 9.44 Å². The van der Waals surface area contributed by atoms with Crippen molar-refractivity contribution in [2.24, 2.45) is 0 Å². The van der Waals surface area contributed by atoms with Gasteiger partial charge in [0.1, 0.15) is 4.21 Å². The largest absolute Gasteiger partial charge is 0.416 e. The molecule has 0 spiro atoms. The number of rotatable bonds is 7. The number of thiophene rings is 2. The van der Waals surface area contributed by atoms with Gasteiger partial charge in [0.15, 0.2) is 0 Å². The van der Waals surface area contributed by atoms with Gasteiger partial charge in [0.2, 0.25) is 0 Å². The number of halogens is 4. The van der Waals surface area contributed by atoms with Crippen LogP contribution in [0.2, 0.25) is 5.02 Å². The SMILES string of the molecule is O=S(=O)(Nc1cc(-c2ccsc2)c(Cl)cc1NS(=O)(=O)c1cccs1)c1cccc(C(F)(F)F)c1.